The van der Waals surface area contributed by atoms with Crippen molar-refractivity contribution < 1.29 is 58.8 Å². The van der Waals surface area contributed by atoms with Crippen molar-refractivity contribution >= 4 is 116 Å². The Morgan fingerprint density at radius 2 is 0.603 bits per heavy atom. The number of aromatic nitrogens is 8. The summed E-state index contributed by atoms with van der Waals surface area (Å²) in [5.41, 5.74) is 8.60. The van der Waals surface area contributed by atoms with Crippen LogP contribution in [0.4, 0.5) is 23.3 Å². The summed E-state index contributed by atoms with van der Waals surface area (Å²) in [7, 11) is 0. The molecule has 12 N–H and O–H groups in total. The smallest absolute Gasteiger partial charge is 0.280 e. The number of pyridine rings is 4. The zero-order chi connectivity index (χ0) is 98.8. The Labute approximate surface area is 841 Å². The SMILES string of the molecule is Cc1cc(NC(C)(C)C)ncc1-c1sc(C(=O)NC2CCC[C@@H]2O)nc1C(=O)N1C2CCC1CC2.Cc1cc(NC(C)C)ncc1-c1sc(C(=O)N[C@@H]2CC[C@@H](O)C2)nc1C(=O)N1C2CCC1CC2.Cc1cc(N[C@H](C)C2CC2)ncc1-c1sc(C(=O)N[C@@H]2CC[C@@H](O)C2)nc1C(=O)N1C2CCC1CC2.Cc1cc(N[C@H](C)C2CC2)ncc1-c1sc(C(=O)N[C@H]2CC[C@H](O)C2)nc1C(=O)N1C2CCC1CC2. The van der Waals surface area contributed by atoms with Crippen molar-refractivity contribution in [2.45, 2.75) is 402 Å². The highest BCUT2D eigenvalue weighted by atomic mass is 32.1. The maximum atomic E-state index is 13.8. The molecular weight excluding hydrogens is 1860 g/mol. The fraction of sp³-hybridized carbons (Fsp3) is 0.619. The van der Waals surface area contributed by atoms with E-state index in [-0.39, 0.29) is 160 Å². The molecule has 8 aromatic heterocycles. The van der Waals surface area contributed by atoms with E-state index in [0.29, 0.717) is 99.6 Å². The molecule has 8 bridgehead atoms. The lowest BCUT2D eigenvalue weighted by atomic mass is 10.0. The summed E-state index contributed by atoms with van der Waals surface area (Å²) in [5.74, 6) is 3.21. The van der Waals surface area contributed by atoms with Crippen LogP contribution in [0.25, 0.3) is 41.8 Å². The molecule has 141 heavy (non-hydrogen) atoms. The molecule has 1 unspecified atom stereocenters. The van der Waals surface area contributed by atoms with E-state index >= 15 is 0 Å². The third kappa shape index (κ3) is 22.1. The van der Waals surface area contributed by atoms with Crippen LogP contribution in [0.1, 0.15) is 357 Å². The number of hydrogen-bond donors (Lipinski definition) is 12. The van der Waals surface area contributed by atoms with Crippen LogP contribution in [-0.4, -0.2) is 248 Å². The van der Waals surface area contributed by atoms with Crippen LogP contribution in [0.5, 0.6) is 0 Å². The summed E-state index contributed by atoms with van der Waals surface area (Å²) in [6, 6.07) is 10.8. The number of carbonyl (C=O) groups excluding carboxylic acids is 8. The van der Waals surface area contributed by atoms with Gasteiger partial charge in [-0.25, -0.2) is 39.9 Å². The molecule has 8 aliphatic heterocycles. The number of aliphatic hydroxyl groups is 4. The predicted molar refractivity (Wildman–Crippen MR) is 547 cm³/mol. The van der Waals surface area contributed by atoms with Crippen LogP contribution in [-0.2, 0) is 0 Å². The molecule has 8 amide bonds. The summed E-state index contributed by atoms with van der Waals surface area (Å²) in [4.78, 5) is 155. The molecule has 14 fully saturated rings. The number of anilines is 4. The van der Waals surface area contributed by atoms with Crippen molar-refractivity contribution in [3.63, 3.8) is 0 Å². The average molecular weight is 2000 g/mol. The van der Waals surface area contributed by atoms with Crippen LogP contribution in [0.15, 0.2) is 49.1 Å². The molecule has 14 aliphatic rings. The number of amides is 8. The van der Waals surface area contributed by atoms with E-state index in [0.717, 1.165) is 224 Å². The van der Waals surface area contributed by atoms with Gasteiger partial charge in [-0.3, -0.25) is 38.4 Å². The first kappa shape index (κ1) is 99.6. The summed E-state index contributed by atoms with van der Waals surface area (Å²) in [5, 5.41) is 66.5. The molecule has 0 aromatic carbocycles. The second-order valence-corrected chi connectivity index (χ2v) is 47.7. The van der Waals surface area contributed by atoms with Gasteiger partial charge in [0.2, 0.25) is 0 Å². The zero-order valence-corrected chi connectivity index (χ0v) is 86.2. The minimum absolute atomic E-state index is 0.0596. The molecule has 8 saturated heterocycles. The first-order chi connectivity index (χ1) is 67.6. The zero-order valence-electron chi connectivity index (χ0n) is 82.9. The van der Waals surface area contributed by atoms with Gasteiger partial charge < -0.3 is 82.6 Å². The molecule has 36 heteroatoms. The normalized spacial score (nSPS) is 26.9. The van der Waals surface area contributed by atoms with Gasteiger partial charge >= 0.3 is 0 Å². The second kappa shape index (κ2) is 41.9. The maximum Gasteiger partial charge on any atom is 0.280 e. The third-order valence-corrected chi connectivity index (χ3v) is 36.0. The van der Waals surface area contributed by atoms with Gasteiger partial charge in [-0.2, -0.15) is 0 Å². The Balaban J connectivity index is 0.000000120. The lowest BCUT2D eigenvalue weighted by Gasteiger charge is -2.22. The highest BCUT2D eigenvalue weighted by Crippen LogP contribution is 2.49. The number of carbonyl (C=O) groups is 8. The first-order valence-corrected chi connectivity index (χ1v) is 55.2. The van der Waals surface area contributed by atoms with Gasteiger partial charge in [-0.15, -0.1) is 45.3 Å². The van der Waals surface area contributed by atoms with Crippen molar-refractivity contribution in [1.29, 1.82) is 0 Å². The Kier molecular flexibility index (Phi) is 29.6. The van der Waals surface area contributed by atoms with Gasteiger partial charge in [0, 0.05) is 137 Å². The number of aliphatic hydroxyl groups excluding tert-OH is 4. The summed E-state index contributed by atoms with van der Waals surface area (Å²) < 4.78 is 0. The van der Waals surface area contributed by atoms with Crippen molar-refractivity contribution in [2.24, 2.45) is 11.8 Å². The molecule has 754 valence electrons. The lowest BCUT2D eigenvalue weighted by Crippen LogP contribution is -2.40. The minimum Gasteiger partial charge on any atom is -0.393 e. The highest BCUT2D eigenvalue weighted by molar-refractivity contribution is 7.18. The summed E-state index contributed by atoms with van der Waals surface area (Å²) in [6.07, 6.45) is 35.7. The molecule has 0 spiro atoms. The monoisotopic (exact) mass is 2000 g/mol. The molecular formula is C105H138N20O12S4. The Bertz CT molecular complexity index is 5760. The van der Waals surface area contributed by atoms with Crippen LogP contribution in [0, 0.1) is 39.5 Å². The van der Waals surface area contributed by atoms with E-state index in [2.05, 4.69) is 131 Å². The standard InChI is InChI=1S/2C27H35N5O3S.C26H35N5O3S.C25H33N5O3S/c2*1-14-11-22(29-15(2)16-3-4-16)28-13-21(14)24-23(27(35)32-18-6-7-19(32)9-8-18)31-26(36-24)25(34)30-17-5-10-20(33)12-17;1-14-12-20(30-26(2,3)4)27-13-17(14)22-21(25(34)31-15-8-9-16(31)11-10-15)29-24(35-22)23(33)28-18-6-5-7-19(18)32;1-13(2)27-20-10-14(3)19(12-26-20)22-21(25(33)30-16-5-6-17(30)8-7-16)29-24(34-22)23(32)28-15-4-9-18(31)11-15/h2*11,13,15-20,33H,3-10,12H2,1-2H3,(H,28,29)(H,30,34);12-13,15-16,18-19,32H,5-11H2,1-4H3,(H,27,30)(H,28,33);10,12-13,15-18,31H,4-9,11H2,1-3H3,(H,26,27)(H,28,32)/t15-,17+,18?,19?,20+;15-,17-,18?,19?,20-;15?,16?,18?,19-;15-,16?,17?,18-/m1101/s1. The minimum atomic E-state index is -0.533. The largest absolute Gasteiger partial charge is 0.393 e. The second-order valence-electron chi connectivity index (χ2n) is 43.7. The Morgan fingerprint density at radius 3 is 0.837 bits per heavy atom. The van der Waals surface area contributed by atoms with Gasteiger partial charge in [0.15, 0.2) is 20.0 Å². The molecule has 16 heterocycles. The Hall–Kier alpha value is -10.1. The van der Waals surface area contributed by atoms with E-state index in [1.54, 1.807) is 12.4 Å². The third-order valence-electron chi connectivity index (χ3n) is 31.6. The molecule has 32 nitrogen and oxygen atoms in total. The van der Waals surface area contributed by atoms with E-state index in [4.69, 9.17) is 0 Å². The fourth-order valence-electron chi connectivity index (χ4n) is 23.8. The van der Waals surface area contributed by atoms with Crippen molar-refractivity contribution in [2.75, 3.05) is 21.3 Å². The number of fused-ring (bicyclic) bond motifs is 8. The van der Waals surface area contributed by atoms with Gasteiger partial charge in [0.05, 0.1) is 50.0 Å². The van der Waals surface area contributed by atoms with Crippen LogP contribution in [0.2, 0.25) is 0 Å². The van der Waals surface area contributed by atoms with E-state index < -0.39 is 6.10 Å². The number of hydrogen-bond acceptors (Lipinski definition) is 28. The van der Waals surface area contributed by atoms with E-state index in [1.165, 1.54) is 71.0 Å². The molecule has 6 saturated carbocycles. The summed E-state index contributed by atoms with van der Waals surface area (Å²) >= 11 is 5.03. The first-order valence-electron chi connectivity index (χ1n) is 51.9. The van der Waals surface area contributed by atoms with Crippen molar-refractivity contribution in [3.05, 3.63) is 114 Å². The van der Waals surface area contributed by atoms with Gasteiger partial charge in [0.25, 0.3) is 47.3 Å². The highest BCUT2D eigenvalue weighted by Gasteiger charge is 2.50. The van der Waals surface area contributed by atoms with Crippen LogP contribution >= 0.6 is 45.3 Å². The number of thiazole rings is 4. The molecule has 6 aliphatic carbocycles. The van der Waals surface area contributed by atoms with Gasteiger partial charge in [0.1, 0.15) is 46.0 Å². The predicted octanol–water partition coefficient (Wildman–Crippen LogP) is 16.1. The van der Waals surface area contributed by atoms with E-state index in [1.807, 2.05) is 84.0 Å². The molecule has 8 aromatic rings. The maximum absolute atomic E-state index is 13.8. The van der Waals surface area contributed by atoms with Gasteiger partial charge in [-0.05, 0) is 340 Å². The number of nitrogens with one attached hydrogen (secondary N) is 8. The lowest BCUT2D eigenvalue weighted by molar-refractivity contribution is 0.0716. The fourth-order valence-corrected chi connectivity index (χ4v) is 28.0. The number of aryl methyl sites for hydroxylation is 4. The van der Waals surface area contributed by atoms with Crippen LogP contribution < -0.4 is 42.5 Å². The van der Waals surface area contributed by atoms with Crippen LogP contribution in [0.3, 0.4) is 0 Å². The Morgan fingerprint density at radius 1 is 0.340 bits per heavy atom. The number of nitrogens with zero attached hydrogens (tertiary/aromatic N) is 12. The molecule has 0 radical (unpaired) electrons. The van der Waals surface area contributed by atoms with E-state index in [9.17, 15) is 58.8 Å². The quantitative estimate of drug-likeness (QED) is 0.0253. The average Bonchev–Trinajstić information content (AvgIpc) is 1.62. The summed E-state index contributed by atoms with van der Waals surface area (Å²) in [6.45, 7) is 22.8. The molecule has 10 atom stereocenters. The van der Waals surface area contributed by atoms with Crippen molar-refractivity contribution in [1.82, 2.24) is 80.7 Å². The number of rotatable bonds is 25. The van der Waals surface area contributed by atoms with Gasteiger partial charge in [-0.1, -0.05) is 0 Å². The van der Waals surface area contributed by atoms with Crippen molar-refractivity contribution in [3.8, 4) is 41.8 Å². The topological polar surface area (TPSA) is 430 Å². The molecule has 22 rings (SSSR count).